The number of ether oxygens (including phenoxy) is 4. The lowest BCUT2D eigenvalue weighted by Crippen LogP contribution is -2.04. The van der Waals surface area contributed by atoms with Crippen LogP contribution in [0.4, 0.5) is 0 Å². The van der Waals surface area contributed by atoms with E-state index in [0.29, 0.717) is 26.4 Å². The highest BCUT2D eigenvalue weighted by Crippen LogP contribution is 2.65. The Morgan fingerprint density at radius 1 is 0.567 bits per heavy atom. The smallest absolute Gasteiger partial charge is 0.0717 e. The second kappa shape index (κ2) is 17.3. The Morgan fingerprint density at radius 2 is 0.967 bits per heavy atom. The molecule has 0 amide bonds. The van der Waals surface area contributed by atoms with Crippen LogP contribution in [0.2, 0.25) is 0 Å². The molecule has 0 N–H and O–H groups in total. The second-order valence-corrected chi connectivity index (χ2v) is 14.9. The van der Waals surface area contributed by atoms with Gasteiger partial charge in [-0.3, -0.25) is 0 Å². The molecule has 0 unspecified atom stereocenters. The lowest BCUT2D eigenvalue weighted by Gasteiger charge is -2.05. The van der Waals surface area contributed by atoms with Gasteiger partial charge in [-0.15, -0.1) is 47.0 Å². The van der Waals surface area contributed by atoms with E-state index in [-0.39, 0.29) is 0 Å². The van der Waals surface area contributed by atoms with Gasteiger partial charge < -0.3 is 18.9 Å². The molecule has 0 aromatic carbocycles. The highest BCUT2D eigenvalue weighted by Gasteiger charge is 2.30. The first-order chi connectivity index (χ1) is 14.7. The quantitative estimate of drug-likeness (QED) is 0.184. The normalized spacial score (nSPS) is 19.6. The predicted molar refractivity (Wildman–Crippen MR) is 149 cm³/mol. The van der Waals surface area contributed by atoms with Crippen molar-refractivity contribution in [2.45, 2.75) is 0 Å². The third kappa shape index (κ3) is 10.0. The summed E-state index contributed by atoms with van der Waals surface area (Å²) in [6.07, 6.45) is 4.33. The van der Waals surface area contributed by atoms with E-state index < -0.39 is 0 Å². The summed E-state index contributed by atoms with van der Waals surface area (Å²) in [4.78, 5) is 0. The Balaban J connectivity index is 1.81. The minimum Gasteiger partial charge on any atom is -0.382 e. The molecular formula is C18H28O4S8. The zero-order valence-corrected chi connectivity index (χ0v) is 24.1. The maximum atomic E-state index is 5.60. The fraction of sp³-hybridized carbons (Fsp3) is 0.667. The van der Waals surface area contributed by atoms with E-state index in [1.54, 1.807) is 14.2 Å². The molecule has 0 aromatic rings. The third-order valence-corrected chi connectivity index (χ3v) is 14.6. The van der Waals surface area contributed by atoms with Crippen molar-refractivity contribution in [2.75, 3.05) is 77.9 Å². The van der Waals surface area contributed by atoms with Crippen LogP contribution >= 0.6 is 94.1 Å². The molecule has 4 nitrogen and oxygen atoms in total. The van der Waals surface area contributed by atoms with Crippen LogP contribution in [0, 0.1) is 0 Å². The first-order valence-electron chi connectivity index (χ1n) is 9.14. The van der Waals surface area contributed by atoms with Crippen LogP contribution < -0.4 is 0 Å². The lowest BCUT2D eigenvalue weighted by molar-refractivity contribution is 0.0790. The molecule has 2 rings (SSSR count). The summed E-state index contributed by atoms with van der Waals surface area (Å²) in [5, 5.41) is 0. The van der Waals surface area contributed by atoms with E-state index in [1.165, 1.54) is 25.4 Å². The van der Waals surface area contributed by atoms with Crippen molar-refractivity contribution in [3.63, 3.8) is 0 Å². The van der Waals surface area contributed by atoms with Crippen molar-refractivity contribution in [2.24, 2.45) is 0 Å². The Hall–Kier alpha value is 1.86. The van der Waals surface area contributed by atoms with Gasteiger partial charge in [-0.05, 0) is 12.5 Å². The van der Waals surface area contributed by atoms with E-state index in [2.05, 4.69) is 12.5 Å². The monoisotopic (exact) mass is 564 g/mol. The third-order valence-electron chi connectivity index (χ3n) is 3.40. The molecule has 0 radical (unpaired) electrons. The van der Waals surface area contributed by atoms with Gasteiger partial charge in [-0.1, -0.05) is 47.0 Å². The van der Waals surface area contributed by atoms with Crippen LogP contribution in [-0.4, -0.2) is 77.9 Å². The Bertz CT molecular complexity index is 571. The summed E-state index contributed by atoms with van der Waals surface area (Å²) >= 11 is 15.2. The van der Waals surface area contributed by atoms with Crippen molar-refractivity contribution in [1.29, 1.82) is 0 Å². The van der Waals surface area contributed by atoms with Crippen LogP contribution in [0.25, 0.3) is 0 Å². The van der Waals surface area contributed by atoms with Crippen LogP contribution in [0.5, 0.6) is 0 Å². The van der Waals surface area contributed by atoms with Gasteiger partial charge in [0, 0.05) is 25.7 Å². The van der Waals surface area contributed by atoms with E-state index in [1.807, 2.05) is 94.1 Å². The van der Waals surface area contributed by atoms with Gasteiger partial charge in [0.1, 0.15) is 0 Å². The molecule has 2 aliphatic rings. The summed E-state index contributed by atoms with van der Waals surface area (Å²) in [6, 6.07) is 0. The molecule has 172 valence electrons. The highest BCUT2D eigenvalue weighted by atomic mass is 32.3. The molecule has 0 spiro atoms. The standard InChI is InChI=1S/C18H28O4S8/c1-19-5-7-21-9-11-25-15-13(23-3)27-17(29-15)18-28-14(24-4)16(30-18)26-12-10-22-8-6-20-2/h5-12H2,1-4H3/b18-17-. The molecular weight excluding hydrogens is 537 g/mol. The molecule has 2 heterocycles. The van der Waals surface area contributed by atoms with Crippen molar-refractivity contribution < 1.29 is 18.9 Å². The molecule has 2 aliphatic heterocycles. The van der Waals surface area contributed by atoms with Gasteiger partial charge >= 0.3 is 0 Å². The van der Waals surface area contributed by atoms with E-state index in [0.717, 1.165) is 24.7 Å². The Labute approximate surface area is 214 Å². The summed E-state index contributed by atoms with van der Waals surface area (Å²) in [5.74, 6) is 1.94. The lowest BCUT2D eigenvalue weighted by atomic mass is 10.7. The maximum absolute atomic E-state index is 5.60. The second-order valence-electron chi connectivity index (χ2n) is 5.45. The van der Waals surface area contributed by atoms with Crippen LogP contribution in [-0.2, 0) is 18.9 Å². The minimum absolute atomic E-state index is 0.656. The number of hydrogen-bond acceptors (Lipinski definition) is 12. The summed E-state index contributed by atoms with van der Waals surface area (Å²) < 4.78 is 29.7. The van der Waals surface area contributed by atoms with E-state index in [9.17, 15) is 0 Å². The Kier molecular flexibility index (Phi) is 16.2. The molecule has 0 saturated carbocycles. The van der Waals surface area contributed by atoms with Crippen LogP contribution in [0.15, 0.2) is 25.4 Å². The number of thioether (sulfide) groups is 8. The molecule has 0 aliphatic carbocycles. The zero-order valence-electron chi connectivity index (χ0n) is 17.6. The fourth-order valence-corrected chi connectivity index (χ4v) is 13.0. The van der Waals surface area contributed by atoms with Gasteiger partial charge in [0.05, 0.1) is 65.1 Å². The molecule has 0 bridgehead atoms. The topological polar surface area (TPSA) is 36.9 Å². The molecule has 0 atom stereocenters. The SMILES string of the molecule is COCCOCCSC1=C(SC)S/C(=C2\SC(SC)=C(SCCOCCOC)S2)S1. The van der Waals surface area contributed by atoms with Crippen LogP contribution in [0.3, 0.4) is 0 Å². The fourth-order valence-electron chi connectivity index (χ4n) is 2.01. The average Bonchev–Trinajstić information content (AvgIpc) is 3.36. The first kappa shape index (κ1) is 28.1. The summed E-state index contributed by atoms with van der Waals surface area (Å²) in [7, 11) is 3.40. The maximum Gasteiger partial charge on any atom is 0.0717 e. The van der Waals surface area contributed by atoms with Gasteiger partial charge in [-0.25, -0.2) is 0 Å². The number of methoxy groups -OCH3 is 2. The van der Waals surface area contributed by atoms with Crippen molar-refractivity contribution >= 4 is 94.1 Å². The molecule has 0 fully saturated rings. The van der Waals surface area contributed by atoms with Crippen molar-refractivity contribution in [3.05, 3.63) is 25.4 Å². The highest BCUT2D eigenvalue weighted by molar-refractivity contribution is 8.45. The molecule has 30 heavy (non-hydrogen) atoms. The zero-order chi connectivity index (χ0) is 21.6. The number of hydrogen-bond donors (Lipinski definition) is 0. The summed E-state index contributed by atoms with van der Waals surface area (Å²) in [5.41, 5.74) is 0. The van der Waals surface area contributed by atoms with Gasteiger partial charge in [-0.2, -0.15) is 0 Å². The Morgan fingerprint density at radius 3 is 1.33 bits per heavy atom. The average molecular weight is 565 g/mol. The van der Waals surface area contributed by atoms with E-state index in [4.69, 9.17) is 18.9 Å². The van der Waals surface area contributed by atoms with Crippen molar-refractivity contribution in [3.8, 4) is 0 Å². The van der Waals surface area contributed by atoms with Crippen LogP contribution in [0.1, 0.15) is 0 Å². The van der Waals surface area contributed by atoms with Gasteiger partial charge in [0.2, 0.25) is 0 Å². The van der Waals surface area contributed by atoms with Gasteiger partial charge in [0.25, 0.3) is 0 Å². The van der Waals surface area contributed by atoms with Gasteiger partial charge in [0.15, 0.2) is 0 Å². The first-order valence-corrected chi connectivity index (χ1v) is 16.8. The minimum atomic E-state index is 0.656. The largest absolute Gasteiger partial charge is 0.382 e. The number of rotatable bonds is 16. The molecule has 0 aromatic heterocycles. The van der Waals surface area contributed by atoms with E-state index >= 15 is 0 Å². The molecule has 12 heteroatoms. The predicted octanol–water partition coefficient (Wildman–Crippen LogP) is 6.84. The van der Waals surface area contributed by atoms with Crippen molar-refractivity contribution in [1.82, 2.24) is 0 Å². The molecule has 0 saturated heterocycles. The summed E-state index contributed by atoms with van der Waals surface area (Å²) in [6.45, 7) is 4.15.